The number of ether oxygens (including phenoxy) is 1. The largest absolute Gasteiger partial charge is 0.469 e. The molecule has 1 rings (SSSR count). The highest BCUT2D eigenvalue weighted by atomic mass is 16.5. The lowest BCUT2D eigenvalue weighted by Crippen LogP contribution is -2.47. The molecule has 0 heterocycles. The van der Waals surface area contributed by atoms with Gasteiger partial charge in [0.25, 0.3) is 0 Å². The van der Waals surface area contributed by atoms with Crippen LogP contribution in [0, 0.1) is 5.92 Å². The fourth-order valence-corrected chi connectivity index (χ4v) is 1.11. The maximum atomic E-state index is 10.8. The molecule has 0 spiro atoms. The molecule has 10 heavy (non-hydrogen) atoms. The molecule has 4 heteroatoms. The summed E-state index contributed by atoms with van der Waals surface area (Å²) in [5.74, 6) is 5.09. The first-order valence-electron chi connectivity index (χ1n) is 3.32. The maximum Gasteiger partial charge on any atom is 0.308 e. The van der Waals surface area contributed by atoms with Crippen LogP contribution in [-0.4, -0.2) is 19.1 Å². The third-order valence-corrected chi connectivity index (χ3v) is 1.91. The third kappa shape index (κ3) is 1.27. The van der Waals surface area contributed by atoms with Crippen LogP contribution in [0.5, 0.6) is 0 Å². The first kappa shape index (κ1) is 7.50. The van der Waals surface area contributed by atoms with E-state index in [1.165, 1.54) is 7.11 Å². The summed E-state index contributed by atoms with van der Waals surface area (Å²) >= 11 is 0. The Morgan fingerprint density at radius 3 is 2.70 bits per heavy atom. The summed E-state index contributed by atoms with van der Waals surface area (Å²) in [4.78, 5) is 10.8. The summed E-state index contributed by atoms with van der Waals surface area (Å²) in [6, 6.07) is 0.309. The Hall–Kier alpha value is -0.610. The van der Waals surface area contributed by atoms with Crippen LogP contribution in [0.3, 0.4) is 0 Å². The van der Waals surface area contributed by atoms with E-state index >= 15 is 0 Å². The van der Waals surface area contributed by atoms with Crippen LogP contribution in [0.25, 0.3) is 0 Å². The van der Waals surface area contributed by atoms with E-state index in [2.05, 4.69) is 10.2 Å². The molecule has 1 fully saturated rings. The number of hydrazine groups is 1. The third-order valence-electron chi connectivity index (χ3n) is 1.91. The number of nitrogens with one attached hydrogen (secondary N) is 1. The summed E-state index contributed by atoms with van der Waals surface area (Å²) in [6.07, 6.45) is 1.62. The van der Waals surface area contributed by atoms with E-state index in [9.17, 15) is 4.79 Å². The van der Waals surface area contributed by atoms with Gasteiger partial charge in [0.2, 0.25) is 0 Å². The highest BCUT2D eigenvalue weighted by molar-refractivity contribution is 5.73. The Morgan fingerprint density at radius 1 is 1.70 bits per heavy atom. The molecular weight excluding hydrogens is 132 g/mol. The summed E-state index contributed by atoms with van der Waals surface area (Å²) in [5, 5.41) is 0. The van der Waals surface area contributed by atoms with Crippen molar-refractivity contribution in [1.29, 1.82) is 0 Å². The van der Waals surface area contributed by atoms with E-state index in [1.54, 1.807) is 0 Å². The maximum absolute atomic E-state index is 10.8. The Bertz CT molecular complexity index is 132. The monoisotopic (exact) mass is 144 g/mol. The predicted molar refractivity (Wildman–Crippen MR) is 35.9 cm³/mol. The van der Waals surface area contributed by atoms with E-state index in [-0.39, 0.29) is 11.9 Å². The Morgan fingerprint density at radius 2 is 2.30 bits per heavy atom. The molecule has 1 aliphatic carbocycles. The minimum Gasteiger partial charge on any atom is -0.469 e. The first-order chi connectivity index (χ1) is 4.77. The smallest absolute Gasteiger partial charge is 0.308 e. The number of carbonyl (C=O) groups excluding carboxylic acids is 1. The lowest BCUT2D eigenvalue weighted by atomic mass is 9.81. The van der Waals surface area contributed by atoms with Gasteiger partial charge < -0.3 is 4.74 Å². The molecule has 0 atom stereocenters. The quantitative estimate of drug-likeness (QED) is 0.308. The Labute approximate surface area is 59.7 Å². The van der Waals surface area contributed by atoms with Gasteiger partial charge in [-0.1, -0.05) is 0 Å². The van der Waals surface area contributed by atoms with Crippen LogP contribution in [-0.2, 0) is 9.53 Å². The van der Waals surface area contributed by atoms with Gasteiger partial charge in [0.1, 0.15) is 0 Å². The normalized spacial score (nSPS) is 31.0. The van der Waals surface area contributed by atoms with Gasteiger partial charge in [-0.2, -0.15) is 0 Å². The van der Waals surface area contributed by atoms with E-state index in [0.29, 0.717) is 6.04 Å². The standard InChI is InChI=1S/C6H12N2O2/c1-10-6(9)4-2-5(3-4)8-7/h4-5,8H,2-3,7H2,1H3. The van der Waals surface area contributed by atoms with E-state index in [0.717, 1.165) is 12.8 Å². The lowest BCUT2D eigenvalue weighted by Gasteiger charge is -2.32. The molecule has 58 valence electrons. The van der Waals surface area contributed by atoms with Crippen molar-refractivity contribution in [1.82, 2.24) is 5.43 Å². The molecule has 4 nitrogen and oxygen atoms in total. The fraction of sp³-hybridized carbons (Fsp3) is 0.833. The van der Waals surface area contributed by atoms with Gasteiger partial charge in [0.05, 0.1) is 13.0 Å². The van der Waals surface area contributed by atoms with Crippen LogP contribution in [0.4, 0.5) is 0 Å². The second-order valence-corrected chi connectivity index (χ2v) is 2.56. The van der Waals surface area contributed by atoms with Crippen molar-refractivity contribution in [3.8, 4) is 0 Å². The molecule has 0 radical (unpaired) electrons. The van der Waals surface area contributed by atoms with Gasteiger partial charge in [-0.05, 0) is 12.8 Å². The van der Waals surface area contributed by atoms with Crippen molar-refractivity contribution in [2.75, 3.05) is 7.11 Å². The molecule has 0 aromatic heterocycles. The molecule has 0 aliphatic heterocycles. The minimum atomic E-state index is -0.119. The van der Waals surface area contributed by atoms with Gasteiger partial charge in [-0.3, -0.25) is 16.1 Å². The highest BCUT2D eigenvalue weighted by Gasteiger charge is 2.34. The number of hydrogen-bond acceptors (Lipinski definition) is 4. The average molecular weight is 144 g/mol. The zero-order chi connectivity index (χ0) is 7.56. The minimum absolute atomic E-state index is 0.0750. The average Bonchev–Trinajstić information content (AvgIpc) is 1.85. The molecule has 1 aliphatic rings. The molecule has 0 aromatic rings. The molecule has 0 bridgehead atoms. The predicted octanol–water partition coefficient (Wildman–Crippen LogP) is -0.599. The van der Waals surface area contributed by atoms with Crippen LogP contribution in [0.1, 0.15) is 12.8 Å². The molecule has 1 saturated carbocycles. The molecule has 0 aromatic carbocycles. The van der Waals surface area contributed by atoms with E-state index in [1.807, 2.05) is 0 Å². The van der Waals surface area contributed by atoms with Gasteiger partial charge >= 0.3 is 5.97 Å². The van der Waals surface area contributed by atoms with Crippen molar-refractivity contribution in [3.05, 3.63) is 0 Å². The zero-order valence-electron chi connectivity index (χ0n) is 5.96. The van der Waals surface area contributed by atoms with E-state index < -0.39 is 0 Å². The van der Waals surface area contributed by atoms with Crippen LogP contribution < -0.4 is 11.3 Å². The Balaban J connectivity index is 2.19. The van der Waals surface area contributed by atoms with Gasteiger partial charge in [-0.15, -0.1) is 0 Å². The van der Waals surface area contributed by atoms with Crippen molar-refractivity contribution >= 4 is 5.97 Å². The number of nitrogens with two attached hydrogens (primary N) is 1. The summed E-state index contributed by atoms with van der Waals surface area (Å²) in [7, 11) is 1.41. The van der Waals surface area contributed by atoms with Gasteiger partial charge in [-0.25, -0.2) is 0 Å². The van der Waals surface area contributed by atoms with Crippen molar-refractivity contribution < 1.29 is 9.53 Å². The van der Waals surface area contributed by atoms with Gasteiger partial charge in [0, 0.05) is 6.04 Å². The van der Waals surface area contributed by atoms with Crippen LogP contribution in [0.2, 0.25) is 0 Å². The van der Waals surface area contributed by atoms with Crippen LogP contribution >= 0.6 is 0 Å². The first-order valence-corrected chi connectivity index (χ1v) is 3.32. The number of hydrogen-bond donors (Lipinski definition) is 2. The number of carbonyl (C=O) groups is 1. The second kappa shape index (κ2) is 2.98. The lowest BCUT2D eigenvalue weighted by molar-refractivity contribution is -0.149. The summed E-state index contributed by atoms with van der Waals surface area (Å²) in [5.41, 5.74) is 2.60. The van der Waals surface area contributed by atoms with Gasteiger partial charge in [0.15, 0.2) is 0 Å². The van der Waals surface area contributed by atoms with Crippen molar-refractivity contribution in [2.24, 2.45) is 11.8 Å². The molecule has 3 N–H and O–H groups in total. The van der Waals surface area contributed by atoms with E-state index in [4.69, 9.17) is 5.84 Å². The van der Waals surface area contributed by atoms with Crippen molar-refractivity contribution in [2.45, 2.75) is 18.9 Å². The second-order valence-electron chi connectivity index (χ2n) is 2.56. The highest BCUT2D eigenvalue weighted by Crippen LogP contribution is 2.27. The van der Waals surface area contributed by atoms with Crippen molar-refractivity contribution in [3.63, 3.8) is 0 Å². The topological polar surface area (TPSA) is 64.3 Å². The SMILES string of the molecule is COC(=O)C1CC(NN)C1. The molecule has 0 amide bonds. The van der Waals surface area contributed by atoms with Crippen LogP contribution in [0.15, 0.2) is 0 Å². The molecule has 0 unspecified atom stereocenters. The number of methoxy groups -OCH3 is 1. The summed E-state index contributed by atoms with van der Waals surface area (Å²) < 4.78 is 4.54. The zero-order valence-corrected chi connectivity index (χ0v) is 5.96. The number of rotatable bonds is 2. The summed E-state index contributed by atoms with van der Waals surface area (Å²) in [6.45, 7) is 0. The number of esters is 1. The Kier molecular flexibility index (Phi) is 2.24. The molecular formula is C6H12N2O2. The fourth-order valence-electron chi connectivity index (χ4n) is 1.11. The molecule has 0 saturated heterocycles.